The first-order chi connectivity index (χ1) is 10.0. The molecule has 0 saturated carbocycles. The SMILES string of the molecule is CC1(C)CCCN(C(=O)c2ncccc2C#CCN)CC1. The third-order valence-corrected chi connectivity index (χ3v) is 3.96. The van der Waals surface area contributed by atoms with Crippen molar-refractivity contribution in [2.75, 3.05) is 19.6 Å². The van der Waals surface area contributed by atoms with Crippen LogP contribution >= 0.6 is 0 Å². The molecule has 0 spiro atoms. The fourth-order valence-electron chi connectivity index (χ4n) is 2.60. The number of nitrogens with zero attached hydrogens (tertiary/aromatic N) is 2. The molecule has 0 atom stereocenters. The number of rotatable bonds is 1. The number of pyridine rings is 1. The van der Waals surface area contributed by atoms with Gasteiger partial charge in [0.1, 0.15) is 5.69 Å². The predicted octanol–water partition coefficient (Wildman–Crippen LogP) is 2.04. The molecule has 0 unspecified atom stereocenters. The number of nitrogens with two attached hydrogens (primary N) is 1. The molecule has 2 rings (SSSR count). The van der Waals surface area contributed by atoms with E-state index in [9.17, 15) is 4.79 Å². The Bertz CT molecular complexity index is 569. The van der Waals surface area contributed by atoms with Crippen LogP contribution in [0.3, 0.4) is 0 Å². The Morgan fingerprint density at radius 3 is 3.00 bits per heavy atom. The molecule has 1 aliphatic rings. The molecule has 1 aliphatic heterocycles. The lowest BCUT2D eigenvalue weighted by atomic mass is 9.85. The molecule has 1 saturated heterocycles. The maximum absolute atomic E-state index is 12.7. The van der Waals surface area contributed by atoms with Gasteiger partial charge in [0, 0.05) is 19.3 Å². The maximum Gasteiger partial charge on any atom is 0.273 e. The second-order valence-corrected chi connectivity index (χ2v) is 6.22. The molecule has 2 N–H and O–H groups in total. The third-order valence-electron chi connectivity index (χ3n) is 3.96. The van der Waals surface area contributed by atoms with E-state index in [0.717, 1.165) is 32.4 Å². The molecule has 1 aromatic heterocycles. The Morgan fingerprint density at radius 2 is 2.24 bits per heavy atom. The minimum atomic E-state index is -0.0189. The summed E-state index contributed by atoms with van der Waals surface area (Å²) in [5.41, 5.74) is 6.82. The maximum atomic E-state index is 12.7. The number of amides is 1. The third kappa shape index (κ3) is 4.05. The second-order valence-electron chi connectivity index (χ2n) is 6.22. The van der Waals surface area contributed by atoms with Crippen molar-refractivity contribution in [3.63, 3.8) is 0 Å². The Labute approximate surface area is 126 Å². The van der Waals surface area contributed by atoms with Gasteiger partial charge < -0.3 is 10.6 Å². The minimum absolute atomic E-state index is 0.0189. The normalized spacial score (nSPS) is 17.6. The summed E-state index contributed by atoms with van der Waals surface area (Å²) in [7, 11) is 0. The summed E-state index contributed by atoms with van der Waals surface area (Å²) in [4.78, 5) is 18.9. The first-order valence-corrected chi connectivity index (χ1v) is 7.47. The van der Waals surface area contributed by atoms with Crippen molar-refractivity contribution in [2.24, 2.45) is 11.1 Å². The number of carbonyl (C=O) groups excluding carboxylic acids is 1. The minimum Gasteiger partial charge on any atom is -0.337 e. The number of hydrogen-bond acceptors (Lipinski definition) is 3. The van der Waals surface area contributed by atoms with Gasteiger partial charge in [-0.25, -0.2) is 4.98 Å². The summed E-state index contributed by atoms with van der Waals surface area (Å²) < 4.78 is 0. The zero-order chi connectivity index (χ0) is 15.3. The van der Waals surface area contributed by atoms with Crippen molar-refractivity contribution in [3.05, 3.63) is 29.6 Å². The Kier molecular flexibility index (Phi) is 4.98. The smallest absolute Gasteiger partial charge is 0.273 e. The Morgan fingerprint density at radius 1 is 1.43 bits per heavy atom. The van der Waals surface area contributed by atoms with Gasteiger partial charge in [-0.05, 0) is 36.8 Å². The molecule has 0 bridgehead atoms. The van der Waals surface area contributed by atoms with Crippen LogP contribution in [0.1, 0.15) is 49.2 Å². The molecule has 0 aromatic carbocycles. The first kappa shape index (κ1) is 15.5. The van der Waals surface area contributed by atoms with Gasteiger partial charge in [-0.2, -0.15) is 0 Å². The van der Waals surface area contributed by atoms with E-state index in [4.69, 9.17) is 5.73 Å². The Balaban J connectivity index is 2.20. The quantitative estimate of drug-likeness (QED) is 0.803. The molecule has 2 heterocycles. The van der Waals surface area contributed by atoms with Gasteiger partial charge in [0.15, 0.2) is 0 Å². The molecule has 1 fully saturated rings. The van der Waals surface area contributed by atoms with E-state index >= 15 is 0 Å². The van der Waals surface area contributed by atoms with E-state index in [1.54, 1.807) is 12.3 Å². The lowest BCUT2D eigenvalue weighted by Crippen LogP contribution is -2.33. The zero-order valence-electron chi connectivity index (χ0n) is 12.9. The van der Waals surface area contributed by atoms with Crippen LogP contribution in [-0.2, 0) is 0 Å². The molecule has 4 heteroatoms. The highest BCUT2D eigenvalue weighted by molar-refractivity contribution is 5.94. The van der Waals surface area contributed by atoms with E-state index in [-0.39, 0.29) is 12.5 Å². The summed E-state index contributed by atoms with van der Waals surface area (Å²) >= 11 is 0. The standard InChI is InChI=1S/C17H23N3O/c1-17(2)8-5-12-20(13-9-17)16(21)15-14(6-3-10-18)7-4-11-19-15/h4,7,11H,5,8-10,12-13,18H2,1-2H3. The highest BCUT2D eigenvalue weighted by Gasteiger charge is 2.27. The summed E-state index contributed by atoms with van der Waals surface area (Å²) in [6, 6.07) is 3.62. The van der Waals surface area contributed by atoms with E-state index in [1.165, 1.54) is 0 Å². The molecule has 0 radical (unpaired) electrons. The number of hydrogen-bond donors (Lipinski definition) is 1. The van der Waals surface area contributed by atoms with E-state index in [1.807, 2.05) is 11.0 Å². The fraction of sp³-hybridized carbons (Fsp3) is 0.529. The topological polar surface area (TPSA) is 59.2 Å². The first-order valence-electron chi connectivity index (χ1n) is 7.47. The molecule has 4 nitrogen and oxygen atoms in total. The molecule has 21 heavy (non-hydrogen) atoms. The van der Waals surface area contributed by atoms with Crippen molar-refractivity contribution in [2.45, 2.75) is 33.1 Å². The largest absolute Gasteiger partial charge is 0.337 e. The molecule has 1 amide bonds. The van der Waals surface area contributed by atoms with Gasteiger partial charge in [0.05, 0.1) is 12.1 Å². The number of likely N-dealkylation sites (tertiary alicyclic amines) is 1. The summed E-state index contributed by atoms with van der Waals surface area (Å²) in [6.45, 7) is 6.38. The van der Waals surface area contributed by atoms with Crippen LogP contribution in [0.15, 0.2) is 18.3 Å². The second kappa shape index (κ2) is 6.73. The summed E-state index contributed by atoms with van der Waals surface area (Å²) in [5, 5.41) is 0. The fourth-order valence-corrected chi connectivity index (χ4v) is 2.60. The lowest BCUT2D eigenvalue weighted by Gasteiger charge is -2.23. The predicted molar refractivity (Wildman–Crippen MR) is 83.7 cm³/mol. The van der Waals surface area contributed by atoms with Crippen molar-refractivity contribution in [3.8, 4) is 11.8 Å². The number of carbonyl (C=O) groups is 1. The van der Waals surface area contributed by atoms with Gasteiger partial charge in [-0.15, -0.1) is 0 Å². The lowest BCUT2D eigenvalue weighted by molar-refractivity contribution is 0.0751. The van der Waals surface area contributed by atoms with Crippen LogP contribution in [-0.4, -0.2) is 35.4 Å². The Hall–Kier alpha value is -1.86. The summed E-state index contributed by atoms with van der Waals surface area (Å²) in [5.74, 6) is 5.72. The van der Waals surface area contributed by atoms with E-state index in [2.05, 4.69) is 30.7 Å². The average Bonchev–Trinajstić information content (AvgIpc) is 2.65. The van der Waals surface area contributed by atoms with Gasteiger partial charge in [-0.1, -0.05) is 25.7 Å². The van der Waals surface area contributed by atoms with Crippen molar-refractivity contribution >= 4 is 5.91 Å². The highest BCUT2D eigenvalue weighted by atomic mass is 16.2. The van der Waals surface area contributed by atoms with E-state index < -0.39 is 0 Å². The van der Waals surface area contributed by atoms with Crippen LogP contribution in [0.4, 0.5) is 0 Å². The van der Waals surface area contributed by atoms with Crippen molar-refractivity contribution < 1.29 is 4.79 Å². The summed E-state index contributed by atoms with van der Waals surface area (Å²) in [6.07, 6.45) is 4.85. The van der Waals surface area contributed by atoms with Crippen LogP contribution < -0.4 is 5.73 Å². The van der Waals surface area contributed by atoms with Crippen LogP contribution in [0.2, 0.25) is 0 Å². The van der Waals surface area contributed by atoms with Crippen molar-refractivity contribution in [1.82, 2.24) is 9.88 Å². The van der Waals surface area contributed by atoms with Crippen LogP contribution in [0, 0.1) is 17.3 Å². The van der Waals surface area contributed by atoms with Gasteiger partial charge in [0.2, 0.25) is 0 Å². The molecule has 112 valence electrons. The molecule has 0 aliphatic carbocycles. The van der Waals surface area contributed by atoms with Gasteiger partial charge >= 0.3 is 0 Å². The zero-order valence-corrected chi connectivity index (χ0v) is 12.9. The van der Waals surface area contributed by atoms with E-state index in [0.29, 0.717) is 16.7 Å². The molecular weight excluding hydrogens is 262 g/mol. The van der Waals surface area contributed by atoms with Crippen molar-refractivity contribution in [1.29, 1.82) is 0 Å². The van der Waals surface area contributed by atoms with Gasteiger partial charge in [-0.3, -0.25) is 4.79 Å². The van der Waals surface area contributed by atoms with Crippen LogP contribution in [0.5, 0.6) is 0 Å². The molecular formula is C17H23N3O. The van der Waals surface area contributed by atoms with Crippen LogP contribution in [0.25, 0.3) is 0 Å². The molecule has 1 aromatic rings. The highest BCUT2D eigenvalue weighted by Crippen LogP contribution is 2.30. The average molecular weight is 285 g/mol. The number of aromatic nitrogens is 1. The monoisotopic (exact) mass is 285 g/mol. The van der Waals surface area contributed by atoms with Gasteiger partial charge in [0.25, 0.3) is 5.91 Å².